The number of piperazine rings is 1. The van der Waals surface area contributed by atoms with Crippen LogP contribution in [0.15, 0.2) is 65.3 Å². The van der Waals surface area contributed by atoms with Crippen LogP contribution < -0.4 is 5.32 Å². The van der Waals surface area contributed by atoms with Crippen LogP contribution in [0.3, 0.4) is 0 Å². The summed E-state index contributed by atoms with van der Waals surface area (Å²) in [4.78, 5) is 29.7. The molecule has 2 heterocycles. The molecule has 1 aromatic heterocycles. The van der Waals surface area contributed by atoms with Crippen LogP contribution in [0.25, 0.3) is 11.3 Å². The Kier molecular flexibility index (Phi) is 8.44. The molecule has 3 aromatic rings. The van der Waals surface area contributed by atoms with E-state index in [0.717, 1.165) is 16.9 Å². The molecule has 4 rings (SSSR count). The SMILES string of the molecule is CC(C)C(=O)N1C(C)CN(Cc2cccc(C(F)(F)F)c2F)CC1C(=O)NCc1ccc(-c2ccco2)cc1. The third kappa shape index (κ3) is 6.50. The van der Waals surface area contributed by atoms with E-state index >= 15 is 0 Å². The molecule has 10 heteroatoms. The monoisotopic (exact) mass is 545 g/mol. The molecule has 0 saturated carbocycles. The maximum Gasteiger partial charge on any atom is 0.419 e. The van der Waals surface area contributed by atoms with Crippen molar-refractivity contribution in [2.75, 3.05) is 13.1 Å². The van der Waals surface area contributed by atoms with Crippen molar-refractivity contribution in [3.05, 3.63) is 83.4 Å². The van der Waals surface area contributed by atoms with Gasteiger partial charge in [-0.05, 0) is 30.7 Å². The highest BCUT2D eigenvalue weighted by Crippen LogP contribution is 2.33. The molecule has 0 spiro atoms. The van der Waals surface area contributed by atoms with Crippen LogP contribution in [0.2, 0.25) is 0 Å². The zero-order chi connectivity index (χ0) is 28.3. The normalized spacial score (nSPS) is 18.4. The summed E-state index contributed by atoms with van der Waals surface area (Å²) in [6, 6.07) is 13.0. The molecular weight excluding hydrogens is 514 g/mol. The number of rotatable bonds is 7. The summed E-state index contributed by atoms with van der Waals surface area (Å²) >= 11 is 0. The van der Waals surface area contributed by atoms with Gasteiger partial charge >= 0.3 is 6.18 Å². The van der Waals surface area contributed by atoms with E-state index in [1.54, 1.807) is 42.9 Å². The number of benzene rings is 2. The van der Waals surface area contributed by atoms with Crippen LogP contribution in [0.1, 0.15) is 37.5 Å². The molecule has 6 nitrogen and oxygen atoms in total. The van der Waals surface area contributed by atoms with Gasteiger partial charge in [-0.1, -0.05) is 50.2 Å². The van der Waals surface area contributed by atoms with Gasteiger partial charge in [0, 0.05) is 49.3 Å². The summed E-state index contributed by atoms with van der Waals surface area (Å²) in [6.45, 7) is 5.70. The third-order valence-electron chi connectivity index (χ3n) is 6.82. The molecule has 1 aliphatic rings. The average Bonchev–Trinajstić information content (AvgIpc) is 3.42. The number of furan rings is 1. The molecule has 1 fully saturated rings. The zero-order valence-electron chi connectivity index (χ0n) is 22.0. The van der Waals surface area contributed by atoms with E-state index in [9.17, 15) is 27.2 Å². The largest absolute Gasteiger partial charge is 0.464 e. The Morgan fingerprint density at radius 1 is 1.05 bits per heavy atom. The number of nitrogens with one attached hydrogen (secondary N) is 1. The van der Waals surface area contributed by atoms with Crippen molar-refractivity contribution >= 4 is 11.8 Å². The number of carbonyl (C=O) groups excluding carboxylic acids is 2. The fourth-order valence-corrected chi connectivity index (χ4v) is 4.88. The fraction of sp³-hybridized carbons (Fsp3) is 0.379. The number of carbonyl (C=O) groups is 2. The topological polar surface area (TPSA) is 65.8 Å². The molecule has 2 unspecified atom stereocenters. The van der Waals surface area contributed by atoms with Crippen molar-refractivity contribution in [2.45, 2.75) is 52.1 Å². The highest BCUT2D eigenvalue weighted by molar-refractivity contribution is 5.89. The summed E-state index contributed by atoms with van der Waals surface area (Å²) < 4.78 is 59.8. The van der Waals surface area contributed by atoms with E-state index in [1.165, 1.54) is 12.1 Å². The molecule has 39 heavy (non-hydrogen) atoms. The number of nitrogens with zero attached hydrogens (tertiary/aromatic N) is 2. The molecule has 0 radical (unpaired) electrons. The zero-order valence-corrected chi connectivity index (χ0v) is 22.0. The quantitative estimate of drug-likeness (QED) is 0.400. The molecule has 0 aliphatic carbocycles. The van der Waals surface area contributed by atoms with Crippen LogP contribution in [0, 0.1) is 11.7 Å². The lowest BCUT2D eigenvalue weighted by molar-refractivity contribution is -0.150. The minimum atomic E-state index is -4.81. The maximum atomic E-state index is 14.7. The number of alkyl halides is 3. The van der Waals surface area contributed by atoms with Crippen LogP contribution in [0.5, 0.6) is 0 Å². The first-order valence-corrected chi connectivity index (χ1v) is 12.7. The fourth-order valence-electron chi connectivity index (χ4n) is 4.88. The predicted octanol–water partition coefficient (Wildman–Crippen LogP) is 5.48. The molecule has 1 aliphatic heterocycles. The summed E-state index contributed by atoms with van der Waals surface area (Å²) in [7, 11) is 0. The second-order valence-corrected chi connectivity index (χ2v) is 10.1. The van der Waals surface area contributed by atoms with Crippen LogP contribution in [-0.4, -0.2) is 46.8 Å². The van der Waals surface area contributed by atoms with E-state index in [-0.39, 0.29) is 49.5 Å². The molecule has 2 amide bonds. The van der Waals surface area contributed by atoms with Crippen molar-refractivity contribution in [3.8, 4) is 11.3 Å². The molecule has 2 aromatic carbocycles. The van der Waals surface area contributed by atoms with Gasteiger partial charge < -0.3 is 14.6 Å². The van der Waals surface area contributed by atoms with Crippen LogP contribution in [-0.2, 0) is 28.9 Å². The summed E-state index contributed by atoms with van der Waals surface area (Å²) in [5, 5.41) is 2.89. The average molecular weight is 546 g/mol. The van der Waals surface area contributed by atoms with E-state index < -0.39 is 29.6 Å². The van der Waals surface area contributed by atoms with Crippen molar-refractivity contribution in [1.29, 1.82) is 0 Å². The number of halogens is 4. The van der Waals surface area contributed by atoms with E-state index in [0.29, 0.717) is 6.07 Å². The van der Waals surface area contributed by atoms with Gasteiger partial charge in [0.15, 0.2) is 0 Å². The summed E-state index contributed by atoms with van der Waals surface area (Å²) in [5.41, 5.74) is 0.292. The smallest absolute Gasteiger partial charge is 0.419 e. The lowest BCUT2D eigenvalue weighted by Gasteiger charge is -2.45. The van der Waals surface area contributed by atoms with Gasteiger partial charge in [0.25, 0.3) is 0 Å². The maximum absolute atomic E-state index is 14.7. The van der Waals surface area contributed by atoms with Gasteiger partial charge in [0.2, 0.25) is 11.8 Å². The first-order valence-electron chi connectivity index (χ1n) is 12.7. The first kappa shape index (κ1) is 28.4. The third-order valence-corrected chi connectivity index (χ3v) is 6.82. The van der Waals surface area contributed by atoms with Gasteiger partial charge in [-0.2, -0.15) is 13.2 Å². The molecule has 2 atom stereocenters. The highest BCUT2D eigenvalue weighted by Gasteiger charge is 2.41. The lowest BCUT2D eigenvalue weighted by atomic mass is 10.0. The van der Waals surface area contributed by atoms with Crippen molar-refractivity contribution in [3.63, 3.8) is 0 Å². The second-order valence-electron chi connectivity index (χ2n) is 10.1. The Morgan fingerprint density at radius 3 is 2.38 bits per heavy atom. The molecular formula is C29H31F4N3O3. The lowest BCUT2D eigenvalue weighted by Crippen LogP contribution is -2.64. The first-order chi connectivity index (χ1) is 18.5. The van der Waals surface area contributed by atoms with E-state index in [4.69, 9.17) is 4.42 Å². The van der Waals surface area contributed by atoms with Crippen LogP contribution in [0.4, 0.5) is 17.6 Å². The molecule has 0 bridgehead atoms. The molecule has 208 valence electrons. The minimum Gasteiger partial charge on any atom is -0.464 e. The number of hydrogen-bond donors (Lipinski definition) is 1. The Labute approximate surface area is 224 Å². The van der Waals surface area contributed by atoms with Crippen molar-refractivity contribution in [1.82, 2.24) is 15.1 Å². The van der Waals surface area contributed by atoms with Crippen LogP contribution >= 0.6 is 0 Å². The Bertz CT molecular complexity index is 1290. The van der Waals surface area contributed by atoms with Gasteiger partial charge in [0.1, 0.15) is 17.6 Å². The second kappa shape index (κ2) is 11.6. The highest BCUT2D eigenvalue weighted by atomic mass is 19.4. The van der Waals surface area contributed by atoms with Gasteiger partial charge in [0.05, 0.1) is 11.8 Å². The Balaban J connectivity index is 1.50. The van der Waals surface area contributed by atoms with E-state index in [2.05, 4.69) is 5.32 Å². The summed E-state index contributed by atoms with van der Waals surface area (Å²) in [6.07, 6.45) is -3.22. The van der Waals surface area contributed by atoms with Gasteiger partial charge in [-0.15, -0.1) is 0 Å². The van der Waals surface area contributed by atoms with Crippen molar-refractivity contribution < 1.29 is 31.6 Å². The Morgan fingerprint density at radius 2 is 1.77 bits per heavy atom. The minimum absolute atomic E-state index is 0.0573. The Hall–Kier alpha value is -3.66. The van der Waals surface area contributed by atoms with Gasteiger partial charge in [-0.25, -0.2) is 4.39 Å². The molecule has 1 N–H and O–H groups in total. The number of amides is 2. The number of hydrogen-bond acceptors (Lipinski definition) is 4. The standard InChI is InChI=1S/C29H31F4N3O3/c1-18(2)28(38)36-19(3)15-35(16-22-6-4-7-23(26(22)30)29(31,32)33)17-24(36)27(37)34-14-20-9-11-21(12-10-20)25-8-5-13-39-25/h4-13,18-19,24H,14-17H2,1-3H3,(H,34,37). The molecule has 1 saturated heterocycles. The predicted molar refractivity (Wildman–Crippen MR) is 138 cm³/mol. The van der Waals surface area contributed by atoms with Crippen molar-refractivity contribution in [2.24, 2.45) is 5.92 Å². The van der Waals surface area contributed by atoms with E-state index in [1.807, 2.05) is 30.3 Å². The summed E-state index contributed by atoms with van der Waals surface area (Å²) in [5.74, 6) is -1.54. The van der Waals surface area contributed by atoms with Gasteiger partial charge in [-0.3, -0.25) is 14.5 Å².